The number of phenolic OH excluding ortho intramolecular Hbond substituents is 1. The second kappa shape index (κ2) is 5.47. The molecular formula is C14H17N3O5. The molecule has 0 bridgehead atoms. The molecule has 3 rings (SSSR count). The zero-order valence-electron chi connectivity index (χ0n) is 11.7. The van der Waals surface area contributed by atoms with Crippen molar-refractivity contribution in [1.82, 2.24) is 5.32 Å². The van der Waals surface area contributed by atoms with E-state index in [4.69, 9.17) is 10.5 Å². The summed E-state index contributed by atoms with van der Waals surface area (Å²) in [7, 11) is 0. The number of aliphatic hydroxyl groups excluding tert-OH is 1. The lowest BCUT2D eigenvalue weighted by Gasteiger charge is -2.23. The van der Waals surface area contributed by atoms with Crippen molar-refractivity contribution < 1.29 is 24.5 Å². The average molecular weight is 307 g/mol. The van der Waals surface area contributed by atoms with Crippen molar-refractivity contribution in [2.45, 2.75) is 24.6 Å². The summed E-state index contributed by atoms with van der Waals surface area (Å²) in [5.41, 5.74) is 6.40. The van der Waals surface area contributed by atoms with Gasteiger partial charge in [0.1, 0.15) is 12.4 Å². The summed E-state index contributed by atoms with van der Waals surface area (Å²) in [6, 6.07) is 2.75. The molecule has 0 unspecified atom stereocenters. The van der Waals surface area contributed by atoms with Gasteiger partial charge in [0.25, 0.3) is 0 Å². The Labute approximate surface area is 126 Å². The smallest absolute Gasteiger partial charge is 0.404 e. The van der Waals surface area contributed by atoms with Crippen LogP contribution in [0.4, 0.5) is 10.5 Å². The number of Topliss-reactive ketones (excluding diaryl/α,β-unsaturated/α-hetero) is 1. The van der Waals surface area contributed by atoms with Gasteiger partial charge in [0.15, 0.2) is 5.78 Å². The van der Waals surface area contributed by atoms with Gasteiger partial charge in [0, 0.05) is 23.8 Å². The van der Waals surface area contributed by atoms with E-state index in [9.17, 15) is 19.8 Å². The summed E-state index contributed by atoms with van der Waals surface area (Å²) in [6.45, 7) is 0.0596. The maximum atomic E-state index is 12.5. The number of carbonyl (C=O) groups is 2. The highest BCUT2D eigenvalue weighted by atomic mass is 16.5. The normalized spacial score (nSPS) is 26.0. The highest BCUT2D eigenvalue weighted by molar-refractivity contribution is 5.96. The fraction of sp³-hybridized carbons (Fsp3) is 0.429. The summed E-state index contributed by atoms with van der Waals surface area (Å²) < 4.78 is 4.79. The number of primary amides is 1. The first kappa shape index (κ1) is 14.6. The quantitative estimate of drug-likeness (QED) is 0.469. The number of anilines is 1. The molecule has 1 fully saturated rings. The zero-order chi connectivity index (χ0) is 15.9. The molecule has 0 radical (unpaired) electrons. The molecule has 1 aromatic rings. The molecule has 2 aliphatic heterocycles. The van der Waals surface area contributed by atoms with Crippen LogP contribution in [0.3, 0.4) is 0 Å². The average Bonchev–Trinajstić information content (AvgIpc) is 3.24. The predicted molar refractivity (Wildman–Crippen MR) is 76.5 cm³/mol. The first-order chi connectivity index (χ1) is 10.5. The second-order valence-corrected chi connectivity index (χ2v) is 5.45. The largest absolute Gasteiger partial charge is 0.508 e. The van der Waals surface area contributed by atoms with Crippen LogP contribution < -0.4 is 16.4 Å². The maximum Gasteiger partial charge on any atom is 0.404 e. The van der Waals surface area contributed by atoms with Gasteiger partial charge in [-0.25, -0.2) is 4.79 Å². The van der Waals surface area contributed by atoms with Crippen LogP contribution in [-0.4, -0.2) is 47.3 Å². The summed E-state index contributed by atoms with van der Waals surface area (Å²) in [4.78, 5) is 23.4. The van der Waals surface area contributed by atoms with E-state index >= 15 is 0 Å². The Balaban J connectivity index is 2.02. The summed E-state index contributed by atoms with van der Waals surface area (Å²) in [5, 5.41) is 25.7. The van der Waals surface area contributed by atoms with E-state index in [1.807, 2.05) is 0 Å². The number of nitrogens with two attached hydrogens (primary N) is 1. The Morgan fingerprint density at radius 3 is 2.91 bits per heavy atom. The minimum atomic E-state index is -0.976. The SMILES string of the molecule is NC(=O)OC[C@@H]1C(=O)[C@H]2N[C@H]2CNc2cc(CO)cc(O)c21. The van der Waals surface area contributed by atoms with Crippen molar-refractivity contribution in [3.63, 3.8) is 0 Å². The van der Waals surface area contributed by atoms with Crippen LogP contribution >= 0.6 is 0 Å². The number of aromatic hydroxyl groups is 1. The Kier molecular flexibility index (Phi) is 3.63. The lowest BCUT2D eigenvalue weighted by molar-refractivity contribution is -0.121. The van der Waals surface area contributed by atoms with Gasteiger partial charge >= 0.3 is 6.09 Å². The van der Waals surface area contributed by atoms with E-state index < -0.39 is 12.0 Å². The number of amides is 1. The molecule has 2 heterocycles. The van der Waals surface area contributed by atoms with Gasteiger partial charge in [-0.15, -0.1) is 0 Å². The highest BCUT2D eigenvalue weighted by Crippen LogP contribution is 2.39. The predicted octanol–water partition coefficient (Wildman–Crippen LogP) is -0.602. The number of carbonyl (C=O) groups excluding carboxylic acids is 2. The van der Waals surface area contributed by atoms with E-state index in [0.29, 0.717) is 23.4 Å². The van der Waals surface area contributed by atoms with Crippen LogP contribution in [0, 0.1) is 0 Å². The third kappa shape index (κ3) is 2.58. The van der Waals surface area contributed by atoms with Crippen molar-refractivity contribution in [3.8, 4) is 5.75 Å². The summed E-state index contributed by atoms with van der Waals surface area (Å²) in [5.74, 6) is -1.09. The number of hydrogen-bond acceptors (Lipinski definition) is 7. The van der Waals surface area contributed by atoms with Crippen molar-refractivity contribution >= 4 is 17.6 Å². The number of nitrogens with one attached hydrogen (secondary N) is 2. The van der Waals surface area contributed by atoms with Gasteiger partial charge in [0.05, 0.1) is 18.6 Å². The molecule has 0 spiro atoms. The molecular weight excluding hydrogens is 290 g/mol. The van der Waals surface area contributed by atoms with Gasteiger partial charge in [-0.3, -0.25) is 10.1 Å². The molecule has 1 saturated heterocycles. The third-order valence-corrected chi connectivity index (χ3v) is 3.99. The molecule has 0 aromatic heterocycles. The number of phenols is 1. The van der Waals surface area contributed by atoms with Crippen LogP contribution in [0.5, 0.6) is 5.75 Å². The van der Waals surface area contributed by atoms with E-state index in [0.717, 1.165) is 0 Å². The number of fused-ring (bicyclic) bond motifs is 2. The van der Waals surface area contributed by atoms with E-state index in [1.54, 1.807) is 6.07 Å². The van der Waals surface area contributed by atoms with Gasteiger partial charge in [-0.2, -0.15) is 0 Å². The molecule has 3 atom stereocenters. The van der Waals surface area contributed by atoms with Crippen molar-refractivity contribution in [3.05, 3.63) is 23.3 Å². The van der Waals surface area contributed by atoms with Crippen LogP contribution in [0.25, 0.3) is 0 Å². The minimum Gasteiger partial charge on any atom is -0.508 e. The first-order valence-corrected chi connectivity index (χ1v) is 6.93. The molecule has 6 N–H and O–H groups in total. The standard InChI is InChI=1S/C14H17N3O5/c15-14(21)22-5-7-11-8(1-6(4-18)2-10(11)19)16-3-9-12(17-9)13(7)20/h1-2,7,9,12,16-19H,3-5H2,(H2,15,21)/t7-,9-,12-/m0/s1. The molecule has 0 saturated carbocycles. The summed E-state index contributed by atoms with van der Waals surface area (Å²) >= 11 is 0. The Morgan fingerprint density at radius 1 is 1.45 bits per heavy atom. The van der Waals surface area contributed by atoms with Gasteiger partial charge in [0.2, 0.25) is 0 Å². The van der Waals surface area contributed by atoms with Crippen LogP contribution in [-0.2, 0) is 16.1 Å². The molecule has 2 aliphatic rings. The second-order valence-electron chi connectivity index (χ2n) is 5.45. The molecule has 8 nitrogen and oxygen atoms in total. The first-order valence-electron chi connectivity index (χ1n) is 6.93. The molecule has 118 valence electrons. The van der Waals surface area contributed by atoms with E-state index in [1.165, 1.54) is 6.07 Å². The number of aliphatic hydroxyl groups is 1. The number of ether oxygens (including phenoxy) is 1. The lowest BCUT2D eigenvalue weighted by Crippen LogP contribution is -2.31. The number of ketones is 1. The highest BCUT2D eigenvalue weighted by Gasteiger charge is 2.47. The van der Waals surface area contributed by atoms with Crippen molar-refractivity contribution in [2.75, 3.05) is 18.5 Å². The van der Waals surface area contributed by atoms with Crippen molar-refractivity contribution in [1.29, 1.82) is 0 Å². The number of hydrogen-bond donors (Lipinski definition) is 5. The van der Waals surface area contributed by atoms with Crippen LogP contribution in [0.2, 0.25) is 0 Å². The number of benzene rings is 1. The zero-order valence-corrected chi connectivity index (χ0v) is 11.7. The maximum absolute atomic E-state index is 12.5. The Hall–Kier alpha value is -2.32. The third-order valence-electron chi connectivity index (χ3n) is 3.99. The van der Waals surface area contributed by atoms with Gasteiger partial charge in [-0.1, -0.05) is 0 Å². The van der Waals surface area contributed by atoms with Crippen LogP contribution in [0.15, 0.2) is 12.1 Å². The van der Waals surface area contributed by atoms with E-state index in [-0.39, 0.29) is 36.8 Å². The number of rotatable bonds is 3. The molecule has 8 heteroatoms. The van der Waals surface area contributed by atoms with E-state index in [2.05, 4.69) is 10.6 Å². The van der Waals surface area contributed by atoms with Crippen molar-refractivity contribution in [2.24, 2.45) is 5.73 Å². The topological polar surface area (TPSA) is 144 Å². The Morgan fingerprint density at radius 2 is 2.23 bits per heavy atom. The van der Waals surface area contributed by atoms with Gasteiger partial charge < -0.3 is 26.0 Å². The fourth-order valence-corrected chi connectivity index (χ4v) is 2.84. The Bertz CT molecular complexity index is 633. The monoisotopic (exact) mass is 307 g/mol. The molecule has 1 aromatic carbocycles. The molecule has 0 aliphatic carbocycles. The molecule has 1 amide bonds. The minimum absolute atomic E-state index is 0.0108. The lowest BCUT2D eigenvalue weighted by atomic mass is 9.88. The molecule has 22 heavy (non-hydrogen) atoms. The summed E-state index contributed by atoms with van der Waals surface area (Å²) in [6.07, 6.45) is -0.976. The van der Waals surface area contributed by atoms with Gasteiger partial charge in [-0.05, 0) is 17.7 Å². The fourth-order valence-electron chi connectivity index (χ4n) is 2.84. The van der Waals surface area contributed by atoms with Crippen LogP contribution in [0.1, 0.15) is 17.0 Å².